The van der Waals surface area contributed by atoms with Crippen molar-refractivity contribution in [2.75, 3.05) is 18.4 Å². The van der Waals surface area contributed by atoms with Crippen LogP contribution in [-0.4, -0.2) is 24.0 Å². The molecule has 2 amide bonds. The van der Waals surface area contributed by atoms with Gasteiger partial charge < -0.3 is 10.2 Å². The minimum Gasteiger partial charge on any atom is -0.324 e. The zero-order valence-corrected chi connectivity index (χ0v) is 14.4. The van der Waals surface area contributed by atoms with Gasteiger partial charge in [0.1, 0.15) is 17.3 Å². The Morgan fingerprint density at radius 1 is 1.08 bits per heavy atom. The van der Waals surface area contributed by atoms with Crippen molar-refractivity contribution < 1.29 is 13.6 Å². The van der Waals surface area contributed by atoms with Gasteiger partial charge >= 0.3 is 6.03 Å². The second-order valence-corrected chi connectivity index (χ2v) is 6.65. The Balaban J connectivity index is 1.74. The first-order chi connectivity index (χ1) is 12.0. The Kier molecular flexibility index (Phi) is 5.53. The first-order valence-electron chi connectivity index (χ1n) is 8.30. The smallest absolute Gasteiger partial charge is 0.322 e. The fourth-order valence-electron chi connectivity index (χ4n) is 3.14. The third-order valence-corrected chi connectivity index (χ3v) is 4.75. The van der Waals surface area contributed by atoms with Crippen molar-refractivity contribution in [1.82, 2.24) is 4.90 Å². The topological polar surface area (TPSA) is 32.3 Å². The molecule has 0 aromatic heterocycles. The first kappa shape index (κ1) is 17.7. The number of likely N-dealkylation sites (tertiary alicyclic amines) is 1. The second kappa shape index (κ2) is 7.83. The van der Waals surface area contributed by atoms with Crippen molar-refractivity contribution in [1.29, 1.82) is 0 Å². The number of hydrogen-bond acceptors (Lipinski definition) is 1. The molecule has 2 aromatic carbocycles. The number of anilines is 1. The van der Waals surface area contributed by atoms with Crippen molar-refractivity contribution in [2.45, 2.75) is 25.2 Å². The predicted octanol–water partition coefficient (Wildman–Crippen LogP) is 5.42. The van der Waals surface area contributed by atoms with Crippen LogP contribution in [0.2, 0.25) is 5.02 Å². The molecule has 1 saturated heterocycles. The average molecular weight is 365 g/mol. The number of carbonyl (C=O) groups is 1. The van der Waals surface area contributed by atoms with Crippen molar-refractivity contribution in [3.63, 3.8) is 0 Å². The monoisotopic (exact) mass is 364 g/mol. The highest BCUT2D eigenvalue weighted by Gasteiger charge is 2.24. The van der Waals surface area contributed by atoms with Gasteiger partial charge in [-0.2, -0.15) is 0 Å². The number of rotatable bonds is 2. The maximum Gasteiger partial charge on any atom is 0.322 e. The van der Waals surface area contributed by atoms with E-state index in [-0.39, 0.29) is 5.92 Å². The van der Waals surface area contributed by atoms with Crippen LogP contribution in [0.5, 0.6) is 0 Å². The van der Waals surface area contributed by atoms with Gasteiger partial charge in [-0.25, -0.2) is 13.6 Å². The summed E-state index contributed by atoms with van der Waals surface area (Å²) in [6.45, 7) is 1.07. The minimum absolute atomic E-state index is 0.177. The lowest BCUT2D eigenvalue weighted by Gasteiger charge is -2.25. The van der Waals surface area contributed by atoms with Gasteiger partial charge in [-0.15, -0.1) is 0 Å². The van der Waals surface area contributed by atoms with E-state index in [1.807, 2.05) is 24.3 Å². The van der Waals surface area contributed by atoms with Crippen molar-refractivity contribution in [3.05, 3.63) is 64.7 Å². The average Bonchev–Trinajstić information content (AvgIpc) is 2.85. The van der Waals surface area contributed by atoms with E-state index in [9.17, 15) is 13.6 Å². The molecule has 1 N–H and O–H groups in total. The lowest BCUT2D eigenvalue weighted by molar-refractivity contribution is 0.211. The third kappa shape index (κ3) is 4.28. The molecule has 1 fully saturated rings. The summed E-state index contributed by atoms with van der Waals surface area (Å²) in [7, 11) is 0. The van der Waals surface area contributed by atoms with E-state index in [1.165, 1.54) is 6.07 Å². The van der Waals surface area contributed by atoms with E-state index in [2.05, 4.69) is 5.32 Å². The van der Waals surface area contributed by atoms with Gasteiger partial charge in [0, 0.05) is 24.0 Å². The Bertz CT molecular complexity index is 731. The maximum atomic E-state index is 13.8. The van der Waals surface area contributed by atoms with E-state index in [0.29, 0.717) is 18.1 Å². The van der Waals surface area contributed by atoms with Crippen molar-refractivity contribution in [3.8, 4) is 0 Å². The van der Waals surface area contributed by atoms with Gasteiger partial charge in [0.2, 0.25) is 0 Å². The number of carbonyl (C=O) groups excluding carboxylic acids is 1. The normalized spacial score (nSPS) is 17.9. The molecule has 1 heterocycles. The summed E-state index contributed by atoms with van der Waals surface area (Å²) in [5.74, 6) is -1.38. The van der Waals surface area contributed by atoms with Gasteiger partial charge in [0.15, 0.2) is 0 Å². The Morgan fingerprint density at radius 2 is 1.76 bits per heavy atom. The van der Waals surface area contributed by atoms with E-state index < -0.39 is 23.4 Å². The highest BCUT2D eigenvalue weighted by atomic mass is 35.5. The lowest BCUT2D eigenvalue weighted by atomic mass is 9.94. The summed E-state index contributed by atoms with van der Waals surface area (Å²) >= 11 is 5.94. The molecule has 6 heteroatoms. The molecule has 3 nitrogen and oxygen atoms in total. The SMILES string of the molecule is O=C(Nc1c(F)cccc1F)N1CCCC[C@H](c2ccc(Cl)cc2)C1. The number of urea groups is 1. The molecule has 0 aliphatic carbocycles. The number of hydrogen-bond donors (Lipinski definition) is 1. The summed E-state index contributed by atoms with van der Waals surface area (Å²) in [6, 6.07) is 10.6. The largest absolute Gasteiger partial charge is 0.324 e. The van der Waals surface area contributed by atoms with Crippen LogP contribution in [-0.2, 0) is 0 Å². The lowest BCUT2D eigenvalue weighted by Crippen LogP contribution is -2.37. The third-order valence-electron chi connectivity index (χ3n) is 4.49. The fourth-order valence-corrected chi connectivity index (χ4v) is 3.26. The van der Waals surface area contributed by atoms with Crippen LogP contribution in [0.1, 0.15) is 30.7 Å². The number of nitrogens with zero attached hydrogens (tertiary/aromatic N) is 1. The predicted molar refractivity (Wildman–Crippen MR) is 95.0 cm³/mol. The van der Waals surface area contributed by atoms with E-state index in [1.54, 1.807) is 4.90 Å². The molecular weight excluding hydrogens is 346 g/mol. The number of nitrogens with one attached hydrogen (secondary N) is 1. The number of amides is 2. The maximum absolute atomic E-state index is 13.8. The van der Waals surface area contributed by atoms with Crippen LogP contribution in [0.15, 0.2) is 42.5 Å². The number of halogens is 3. The molecule has 0 saturated carbocycles. The molecular formula is C19H19ClF2N2O. The van der Waals surface area contributed by atoms with Gasteiger partial charge in [-0.3, -0.25) is 0 Å². The summed E-state index contributed by atoms with van der Waals surface area (Å²) in [6.07, 6.45) is 2.81. The Hall–Kier alpha value is -2.14. The van der Waals surface area contributed by atoms with Crippen LogP contribution in [0.25, 0.3) is 0 Å². The molecule has 3 rings (SSSR count). The van der Waals surface area contributed by atoms with Crippen molar-refractivity contribution >= 4 is 23.3 Å². The zero-order chi connectivity index (χ0) is 17.8. The molecule has 0 spiro atoms. The van der Waals surface area contributed by atoms with Gasteiger partial charge in [0.25, 0.3) is 0 Å². The van der Waals surface area contributed by atoms with E-state index in [0.717, 1.165) is 37.0 Å². The van der Waals surface area contributed by atoms with E-state index in [4.69, 9.17) is 11.6 Å². The van der Waals surface area contributed by atoms with Gasteiger partial charge in [-0.05, 0) is 42.7 Å². The van der Waals surface area contributed by atoms with Crippen LogP contribution >= 0.6 is 11.6 Å². The quantitative estimate of drug-likeness (QED) is 0.758. The molecule has 25 heavy (non-hydrogen) atoms. The highest BCUT2D eigenvalue weighted by Crippen LogP contribution is 2.28. The van der Waals surface area contributed by atoms with Gasteiger partial charge in [0.05, 0.1) is 0 Å². The molecule has 0 unspecified atom stereocenters. The summed E-state index contributed by atoms with van der Waals surface area (Å²) in [5.41, 5.74) is 0.709. The van der Waals surface area contributed by atoms with Crippen molar-refractivity contribution in [2.24, 2.45) is 0 Å². The molecule has 132 valence electrons. The fraction of sp³-hybridized carbons (Fsp3) is 0.316. The Morgan fingerprint density at radius 3 is 2.44 bits per heavy atom. The number of benzene rings is 2. The summed E-state index contributed by atoms with van der Waals surface area (Å²) in [4.78, 5) is 14.1. The first-order valence-corrected chi connectivity index (χ1v) is 8.68. The molecule has 1 atom stereocenters. The standard InChI is InChI=1S/C19H19ClF2N2O/c20-15-9-7-13(8-10-15)14-4-1-2-11-24(12-14)19(25)23-18-16(21)5-3-6-17(18)22/h3,5-10,14H,1-2,4,11-12H2,(H,23,25)/t14-/m0/s1. The summed E-state index contributed by atoms with van der Waals surface area (Å²) in [5, 5.41) is 3.04. The van der Waals surface area contributed by atoms with Crippen LogP contribution in [0.4, 0.5) is 19.3 Å². The zero-order valence-electron chi connectivity index (χ0n) is 13.6. The van der Waals surface area contributed by atoms with E-state index >= 15 is 0 Å². The molecule has 1 aliphatic heterocycles. The van der Waals surface area contributed by atoms with Crippen LogP contribution in [0, 0.1) is 11.6 Å². The molecule has 0 bridgehead atoms. The molecule has 1 aliphatic rings. The van der Waals surface area contributed by atoms with Crippen LogP contribution < -0.4 is 5.32 Å². The minimum atomic E-state index is -0.780. The summed E-state index contributed by atoms with van der Waals surface area (Å²) < 4.78 is 27.5. The number of para-hydroxylation sites is 1. The second-order valence-electron chi connectivity index (χ2n) is 6.22. The highest BCUT2D eigenvalue weighted by molar-refractivity contribution is 6.30. The van der Waals surface area contributed by atoms with Crippen LogP contribution in [0.3, 0.4) is 0 Å². The molecule has 0 radical (unpaired) electrons. The molecule has 2 aromatic rings. The Labute approximate surface area is 150 Å². The van der Waals surface area contributed by atoms with Gasteiger partial charge in [-0.1, -0.05) is 36.2 Å².